The van der Waals surface area contributed by atoms with Gasteiger partial charge in [0, 0.05) is 24.8 Å². The molecule has 8 heteroatoms. The van der Waals surface area contributed by atoms with Crippen LogP contribution in [0.25, 0.3) is 0 Å². The van der Waals surface area contributed by atoms with Crippen LogP contribution >= 0.6 is 0 Å². The van der Waals surface area contributed by atoms with Gasteiger partial charge in [-0.25, -0.2) is 0 Å². The van der Waals surface area contributed by atoms with Gasteiger partial charge in [0.2, 0.25) is 17.7 Å². The molecule has 6 atom stereocenters. The van der Waals surface area contributed by atoms with Gasteiger partial charge in [0.15, 0.2) is 0 Å². The molecule has 1 spiro atoms. The quantitative estimate of drug-likeness (QED) is 0.665. The summed E-state index contributed by atoms with van der Waals surface area (Å²) in [5, 5.41) is 10.0. The fraction of sp³-hybridized carbons (Fsp3) is 0.519. The Labute approximate surface area is 205 Å². The molecular formula is C27H33N3O5. The smallest absolute Gasteiger partial charge is 0.249 e. The van der Waals surface area contributed by atoms with Crippen LogP contribution in [0, 0.1) is 11.8 Å². The number of aliphatic hydroxyl groups excluding tert-OH is 1. The highest BCUT2D eigenvalue weighted by Crippen LogP contribution is 2.58. The molecule has 2 fully saturated rings. The lowest BCUT2D eigenvalue weighted by Crippen LogP contribution is -2.59. The average molecular weight is 480 g/mol. The molecule has 0 saturated carbocycles. The second-order valence-electron chi connectivity index (χ2n) is 10.4. The van der Waals surface area contributed by atoms with Crippen molar-refractivity contribution in [1.82, 2.24) is 9.80 Å². The third-order valence-electron chi connectivity index (χ3n) is 7.96. The first kappa shape index (κ1) is 23.8. The van der Waals surface area contributed by atoms with E-state index in [0.29, 0.717) is 13.1 Å². The highest BCUT2D eigenvalue weighted by atomic mass is 16.5. The van der Waals surface area contributed by atoms with Gasteiger partial charge in [0.1, 0.15) is 11.6 Å². The molecule has 186 valence electrons. The number of likely N-dealkylation sites (tertiary alicyclic amines) is 1. The van der Waals surface area contributed by atoms with E-state index in [0.717, 1.165) is 5.69 Å². The van der Waals surface area contributed by atoms with Gasteiger partial charge in [0.25, 0.3) is 0 Å². The molecule has 35 heavy (non-hydrogen) atoms. The monoisotopic (exact) mass is 479 g/mol. The van der Waals surface area contributed by atoms with Crippen molar-refractivity contribution in [3.8, 4) is 0 Å². The minimum atomic E-state index is -1.31. The third kappa shape index (κ3) is 3.30. The Balaban J connectivity index is 1.67. The first-order chi connectivity index (χ1) is 16.7. The Morgan fingerprint density at radius 3 is 2.31 bits per heavy atom. The molecule has 8 nitrogen and oxygen atoms in total. The van der Waals surface area contributed by atoms with Crippen LogP contribution < -0.4 is 4.90 Å². The number of fused-ring (bicyclic) bond motifs is 2. The van der Waals surface area contributed by atoms with E-state index < -0.39 is 35.1 Å². The maximum absolute atomic E-state index is 14.1. The minimum Gasteiger partial charge on any atom is -0.394 e. The molecule has 1 aromatic carbocycles. The third-order valence-corrected chi connectivity index (χ3v) is 7.96. The summed E-state index contributed by atoms with van der Waals surface area (Å²) >= 11 is 0. The number of benzene rings is 1. The Kier molecular flexibility index (Phi) is 5.64. The highest BCUT2D eigenvalue weighted by Gasteiger charge is 2.75. The van der Waals surface area contributed by atoms with E-state index >= 15 is 0 Å². The van der Waals surface area contributed by atoms with Crippen LogP contribution in [0.1, 0.15) is 27.7 Å². The molecule has 0 radical (unpaired) electrons. The molecule has 1 aromatic rings. The van der Waals surface area contributed by atoms with E-state index in [2.05, 4.69) is 0 Å². The lowest BCUT2D eigenvalue weighted by molar-refractivity contribution is -0.154. The second kappa shape index (κ2) is 8.31. The molecular weight excluding hydrogens is 446 g/mol. The van der Waals surface area contributed by atoms with Crippen molar-refractivity contribution in [2.75, 3.05) is 24.6 Å². The van der Waals surface area contributed by atoms with Gasteiger partial charge >= 0.3 is 0 Å². The summed E-state index contributed by atoms with van der Waals surface area (Å²) < 4.78 is 6.76. The summed E-state index contributed by atoms with van der Waals surface area (Å²) in [4.78, 5) is 47.1. The number of hydrogen-bond acceptors (Lipinski definition) is 5. The number of rotatable bonds is 4. The standard InChI is InChI=1S/C27H33N3O5/c1-17(2)28-14-9-13-27-21(24(33)30(18(3)16-31)22(27)25(28)34)20-23(32)29(19-10-6-5-7-11-19)15-8-12-26(20,4)35-27/h5-13,17-18,20-22,31H,14-16H2,1-4H3/t18-,20-,21+,22?,26+,27+/m1/s1. The molecule has 0 aliphatic carbocycles. The summed E-state index contributed by atoms with van der Waals surface area (Å²) in [6, 6.07) is 7.73. The number of amides is 3. The topological polar surface area (TPSA) is 90.4 Å². The molecule has 4 aliphatic rings. The van der Waals surface area contributed by atoms with Crippen molar-refractivity contribution >= 4 is 23.4 Å². The van der Waals surface area contributed by atoms with Crippen LogP contribution in [-0.2, 0) is 19.1 Å². The number of para-hydroxylation sites is 1. The van der Waals surface area contributed by atoms with Crippen molar-refractivity contribution in [2.24, 2.45) is 11.8 Å². The molecule has 2 saturated heterocycles. The maximum atomic E-state index is 14.1. The van der Waals surface area contributed by atoms with E-state index in [-0.39, 0.29) is 30.4 Å². The second-order valence-corrected chi connectivity index (χ2v) is 10.4. The summed E-state index contributed by atoms with van der Waals surface area (Å²) in [6.45, 7) is 7.88. The van der Waals surface area contributed by atoms with Crippen LogP contribution in [0.15, 0.2) is 54.6 Å². The number of carbonyl (C=O) groups excluding carboxylic acids is 3. The van der Waals surface area contributed by atoms with Gasteiger partial charge in [0.05, 0.1) is 30.1 Å². The van der Waals surface area contributed by atoms with Gasteiger partial charge in [-0.05, 0) is 39.8 Å². The van der Waals surface area contributed by atoms with Crippen molar-refractivity contribution in [3.63, 3.8) is 0 Å². The maximum Gasteiger partial charge on any atom is 0.249 e. The predicted octanol–water partition coefficient (Wildman–Crippen LogP) is 1.75. The Bertz CT molecular complexity index is 1100. The van der Waals surface area contributed by atoms with E-state index in [1.54, 1.807) is 16.7 Å². The molecule has 0 bridgehead atoms. The van der Waals surface area contributed by atoms with E-state index in [4.69, 9.17) is 4.74 Å². The van der Waals surface area contributed by atoms with E-state index in [1.165, 1.54) is 4.90 Å². The minimum absolute atomic E-state index is 0.0831. The summed E-state index contributed by atoms with van der Waals surface area (Å²) in [7, 11) is 0. The summed E-state index contributed by atoms with van der Waals surface area (Å²) in [5.74, 6) is -2.47. The molecule has 1 N–H and O–H groups in total. The van der Waals surface area contributed by atoms with Gasteiger partial charge in [-0.1, -0.05) is 42.5 Å². The zero-order valence-corrected chi connectivity index (χ0v) is 20.6. The summed E-state index contributed by atoms with van der Waals surface area (Å²) in [5.41, 5.74) is -1.63. The highest BCUT2D eigenvalue weighted by molar-refractivity contribution is 6.04. The number of anilines is 1. The number of aliphatic hydroxyl groups is 1. The van der Waals surface area contributed by atoms with Gasteiger partial charge in [-0.15, -0.1) is 0 Å². The largest absolute Gasteiger partial charge is 0.394 e. The number of ether oxygens (including phenoxy) is 1. The Morgan fingerprint density at radius 1 is 0.971 bits per heavy atom. The van der Waals surface area contributed by atoms with Crippen LogP contribution in [0.4, 0.5) is 5.69 Å². The zero-order chi connectivity index (χ0) is 25.1. The van der Waals surface area contributed by atoms with Crippen LogP contribution in [0.3, 0.4) is 0 Å². The number of hydrogen-bond donors (Lipinski definition) is 1. The van der Waals surface area contributed by atoms with Crippen LogP contribution in [-0.4, -0.2) is 81.7 Å². The summed E-state index contributed by atoms with van der Waals surface area (Å²) in [6.07, 6.45) is 7.49. The number of nitrogens with zero attached hydrogens (tertiary/aromatic N) is 3. The molecule has 4 aliphatic heterocycles. The SMILES string of the molecule is CC(C)N1CC=C[C@]23O[C@@]4(C)C=CCN(c5ccccc5)C(=O)[C@H]4[C@H]2C(=O)N([C@H](C)CO)C3C1=O. The zero-order valence-electron chi connectivity index (χ0n) is 20.6. The fourth-order valence-electron chi connectivity index (χ4n) is 6.35. The van der Waals surface area contributed by atoms with Crippen molar-refractivity contribution in [2.45, 2.75) is 57.0 Å². The Hall–Kier alpha value is -2.97. The van der Waals surface area contributed by atoms with E-state index in [1.807, 2.05) is 75.4 Å². The fourth-order valence-corrected chi connectivity index (χ4v) is 6.35. The van der Waals surface area contributed by atoms with Crippen molar-refractivity contribution in [3.05, 3.63) is 54.6 Å². The molecule has 5 rings (SSSR count). The molecule has 0 aromatic heterocycles. The lowest BCUT2D eigenvalue weighted by atomic mass is 9.74. The lowest BCUT2D eigenvalue weighted by Gasteiger charge is -2.40. The van der Waals surface area contributed by atoms with Crippen LogP contribution in [0.5, 0.6) is 0 Å². The van der Waals surface area contributed by atoms with Gasteiger partial charge in [-0.2, -0.15) is 0 Å². The average Bonchev–Trinajstić information content (AvgIpc) is 3.10. The number of carbonyl (C=O) groups is 3. The molecule has 1 unspecified atom stereocenters. The first-order valence-corrected chi connectivity index (χ1v) is 12.3. The van der Waals surface area contributed by atoms with E-state index in [9.17, 15) is 19.5 Å². The normalized spacial score (nSPS) is 35.2. The first-order valence-electron chi connectivity index (χ1n) is 12.3. The van der Waals surface area contributed by atoms with Crippen molar-refractivity contribution < 1.29 is 24.2 Å². The molecule has 4 heterocycles. The van der Waals surface area contributed by atoms with Gasteiger partial charge < -0.3 is 24.5 Å². The van der Waals surface area contributed by atoms with Gasteiger partial charge in [-0.3, -0.25) is 14.4 Å². The van der Waals surface area contributed by atoms with Crippen molar-refractivity contribution in [1.29, 1.82) is 0 Å². The molecule has 3 amide bonds. The van der Waals surface area contributed by atoms with Crippen LogP contribution in [0.2, 0.25) is 0 Å². The Morgan fingerprint density at radius 2 is 1.66 bits per heavy atom. The predicted molar refractivity (Wildman–Crippen MR) is 130 cm³/mol.